The monoisotopic (exact) mass is 402 g/mol. The molecule has 3 heterocycles. The van der Waals surface area contributed by atoms with Gasteiger partial charge in [-0.05, 0) is 61.2 Å². The maximum Gasteiger partial charge on any atom is 0.302 e. The molecule has 8 heteroatoms. The highest BCUT2D eigenvalue weighted by Gasteiger charge is 2.20. The molecule has 5 aromatic rings. The van der Waals surface area contributed by atoms with Gasteiger partial charge >= 0.3 is 5.56 Å². The molecule has 3 aromatic heterocycles. The SMILES string of the molecule is CCc1[nH]n2c(=O)c(-c3nc4cc(C)c(C)cc4[nH]3)nnc2c1-c1ccc(F)cc1. The molecular formula is C22H19FN6O. The number of hydrogen-bond acceptors (Lipinski definition) is 4. The topological polar surface area (TPSA) is 91.7 Å². The van der Waals surface area contributed by atoms with Gasteiger partial charge in [-0.2, -0.15) is 4.52 Å². The number of fused-ring (bicyclic) bond motifs is 2. The average molecular weight is 402 g/mol. The van der Waals surface area contributed by atoms with E-state index in [0.717, 1.165) is 39.0 Å². The molecule has 0 aliphatic heterocycles. The molecule has 7 nitrogen and oxygen atoms in total. The molecule has 5 rings (SSSR count). The number of imidazole rings is 1. The molecule has 0 saturated heterocycles. The van der Waals surface area contributed by atoms with Gasteiger partial charge < -0.3 is 4.98 Å². The second-order valence-electron chi connectivity index (χ2n) is 7.38. The Labute approximate surface area is 170 Å². The Morgan fingerprint density at radius 2 is 1.80 bits per heavy atom. The first-order valence-electron chi connectivity index (χ1n) is 9.70. The average Bonchev–Trinajstić information content (AvgIpc) is 3.31. The van der Waals surface area contributed by atoms with Crippen LogP contribution in [0.3, 0.4) is 0 Å². The lowest BCUT2D eigenvalue weighted by molar-refractivity contribution is 0.628. The van der Waals surface area contributed by atoms with Crippen LogP contribution in [0.2, 0.25) is 0 Å². The molecule has 0 amide bonds. The van der Waals surface area contributed by atoms with E-state index in [1.54, 1.807) is 12.1 Å². The predicted octanol–water partition coefficient (Wildman–Crippen LogP) is 3.95. The molecule has 0 aliphatic rings. The van der Waals surface area contributed by atoms with Crippen molar-refractivity contribution in [2.45, 2.75) is 27.2 Å². The maximum atomic E-state index is 13.4. The van der Waals surface area contributed by atoms with Gasteiger partial charge in [0, 0.05) is 11.3 Å². The first kappa shape index (κ1) is 18.2. The summed E-state index contributed by atoms with van der Waals surface area (Å²) >= 11 is 0. The molecule has 0 aliphatic carbocycles. The summed E-state index contributed by atoms with van der Waals surface area (Å²) in [5.74, 6) is 0.0513. The van der Waals surface area contributed by atoms with E-state index in [9.17, 15) is 9.18 Å². The van der Waals surface area contributed by atoms with E-state index in [1.807, 2.05) is 32.9 Å². The van der Waals surface area contributed by atoms with E-state index in [2.05, 4.69) is 25.3 Å². The summed E-state index contributed by atoms with van der Waals surface area (Å²) in [5, 5.41) is 11.6. The van der Waals surface area contributed by atoms with Crippen molar-refractivity contribution in [2.75, 3.05) is 0 Å². The number of aryl methyl sites for hydroxylation is 3. The van der Waals surface area contributed by atoms with Crippen molar-refractivity contribution in [3.63, 3.8) is 0 Å². The summed E-state index contributed by atoms with van der Waals surface area (Å²) in [6.45, 7) is 6.02. The maximum absolute atomic E-state index is 13.4. The van der Waals surface area contributed by atoms with Crippen molar-refractivity contribution < 1.29 is 4.39 Å². The molecule has 0 unspecified atom stereocenters. The fourth-order valence-corrected chi connectivity index (χ4v) is 3.68. The van der Waals surface area contributed by atoms with Crippen LogP contribution in [0, 0.1) is 19.7 Å². The molecule has 2 aromatic carbocycles. The third kappa shape index (κ3) is 2.72. The number of hydrogen-bond donors (Lipinski definition) is 2. The number of rotatable bonds is 3. The normalized spacial score (nSPS) is 11.6. The van der Waals surface area contributed by atoms with Gasteiger partial charge in [0.1, 0.15) is 5.82 Å². The number of nitrogens with zero attached hydrogens (tertiary/aromatic N) is 4. The fourth-order valence-electron chi connectivity index (χ4n) is 3.68. The highest BCUT2D eigenvalue weighted by atomic mass is 19.1. The summed E-state index contributed by atoms with van der Waals surface area (Å²) in [7, 11) is 0. The van der Waals surface area contributed by atoms with Gasteiger partial charge in [-0.1, -0.05) is 19.1 Å². The summed E-state index contributed by atoms with van der Waals surface area (Å²) < 4.78 is 14.7. The Kier molecular flexibility index (Phi) is 4.02. The molecular weight excluding hydrogens is 383 g/mol. The van der Waals surface area contributed by atoms with Crippen molar-refractivity contribution in [3.8, 4) is 22.6 Å². The number of halogens is 1. The smallest absolute Gasteiger partial charge is 0.302 e. The van der Waals surface area contributed by atoms with E-state index in [4.69, 9.17) is 0 Å². The van der Waals surface area contributed by atoms with Crippen LogP contribution in [0.4, 0.5) is 4.39 Å². The summed E-state index contributed by atoms with van der Waals surface area (Å²) in [6, 6.07) is 10.1. The minimum atomic E-state index is -0.351. The highest BCUT2D eigenvalue weighted by Crippen LogP contribution is 2.28. The lowest BCUT2D eigenvalue weighted by Gasteiger charge is -2.01. The van der Waals surface area contributed by atoms with Crippen LogP contribution in [0.15, 0.2) is 41.2 Å². The second kappa shape index (κ2) is 6.62. The zero-order chi connectivity index (χ0) is 21.0. The van der Waals surface area contributed by atoms with E-state index in [0.29, 0.717) is 17.9 Å². The molecule has 2 N–H and O–H groups in total. The van der Waals surface area contributed by atoms with Crippen molar-refractivity contribution in [1.29, 1.82) is 0 Å². The Morgan fingerprint density at radius 1 is 1.07 bits per heavy atom. The molecule has 0 spiro atoms. The van der Waals surface area contributed by atoms with Crippen LogP contribution in [0.5, 0.6) is 0 Å². The zero-order valence-corrected chi connectivity index (χ0v) is 16.7. The third-order valence-corrected chi connectivity index (χ3v) is 5.44. The van der Waals surface area contributed by atoms with Gasteiger partial charge in [-0.3, -0.25) is 9.89 Å². The summed E-state index contributed by atoms with van der Waals surface area (Å²) in [4.78, 5) is 20.9. The minimum Gasteiger partial charge on any atom is -0.336 e. The van der Waals surface area contributed by atoms with Gasteiger partial charge in [0.05, 0.1) is 11.0 Å². The molecule has 0 radical (unpaired) electrons. The van der Waals surface area contributed by atoms with Crippen LogP contribution in [-0.4, -0.2) is 29.8 Å². The predicted molar refractivity (Wildman–Crippen MR) is 113 cm³/mol. The van der Waals surface area contributed by atoms with Crippen LogP contribution in [0.1, 0.15) is 23.7 Å². The molecule has 0 fully saturated rings. The largest absolute Gasteiger partial charge is 0.336 e. The lowest BCUT2D eigenvalue weighted by atomic mass is 10.0. The van der Waals surface area contributed by atoms with Crippen LogP contribution in [0.25, 0.3) is 39.3 Å². The number of aromatic nitrogens is 6. The minimum absolute atomic E-state index is 0.133. The Hall–Kier alpha value is -3.81. The van der Waals surface area contributed by atoms with E-state index < -0.39 is 0 Å². The van der Waals surface area contributed by atoms with Gasteiger partial charge in [-0.25, -0.2) is 9.37 Å². The zero-order valence-electron chi connectivity index (χ0n) is 16.7. The number of nitrogens with one attached hydrogen (secondary N) is 2. The Morgan fingerprint density at radius 3 is 2.53 bits per heavy atom. The van der Waals surface area contributed by atoms with Gasteiger partial charge in [0.15, 0.2) is 17.2 Å². The Balaban J connectivity index is 1.72. The van der Waals surface area contributed by atoms with E-state index in [-0.39, 0.29) is 17.1 Å². The lowest BCUT2D eigenvalue weighted by Crippen LogP contribution is -2.20. The first-order chi connectivity index (χ1) is 14.5. The van der Waals surface area contributed by atoms with Gasteiger partial charge in [0.2, 0.25) is 0 Å². The van der Waals surface area contributed by atoms with Crippen LogP contribution >= 0.6 is 0 Å². The first-order valence-corrected chi connectivity index (χ1v) is 9.70. The van der Waals surface area contributed by atoms with Crippen molar-refractivity contribution >= 4 is 16.7 Å². The molecule has 30 heavy (non-hydrogen) atoms. The van der Waals surface area contributed by atoms with Crippen LogP contribution < -0.4 is 5.56 Å². The fraction of sp³-hybridized carbons (Fsp3) is 0.182. The highest BCUT2D eigenvalue weighted by molar-refractivity contribution is 5.82. The Bertz CT molecular complexity index is 1440. The van der Waals surface area contributed by atoms with E-state index in [1.165, 1.54) is 16.6 Å². The standard InChI is InChI=1S/C22H19FN6O/c1-4-15-18(13-5-7-14(23)8-6-13)21-27-26-19(22(30)29(21)28-15)20-24-16-9-11(2)12(3)10-17(16)25-20/h5-10,28H,4H2,1-3H3,(H,24,25). The molecule has 0 saturated carbocycles. The van der Waals surface area contributed by atoms with Crippen molar-refractivity contribution in [2.24, 2.45) is 0 Å². The van der Waals surface area contributed by atoms with Crippen molar-refractivity contribution in [3.05, 3.63) is 69.4 Å². The quantitative estimate of drug-likeness (QED) is 0.478. The summed E-state index contributed by atoms with van der Waals surface area (Å²) in [6.07, 6.45) is 0.647. The molecule has 0 atom stereocenters. The number of aromatic amines is 2. The number of benzene rings is 2. The van der Waals surface area contributed by atoms with Crippen LogP contribution in [-0.2, 0) is 6.42 Å². The second-order valence-corrected chi connectivity index (χ2v) is 7.38. The number of H-pyrrole nitrogens is 2. The molecule has 0 bridgehead atoms. The van der Waals surface area contributed by atoms with E-state index >= 15 is 0 Å². The van der Waals surface area contributed by atoms with Gasteiger partial charge in [-0.15, -0.1) is 10.2 Å². The molecule has 150 valence electrons. The third-order valence-electron chi connectivity index (χ3n) is 5.44. The summed E-state index contributed by atoms with van der Waals surface area (Å²) in [5.41, 5.74) is 6.38. The van der Waals surface area contributed by atoms with Gasteiger partial charge in [0.25, 0.3) is 0 Å². The van der Waals surface area contributed by atoms with Crippen molar-refractivity contribution in [1.82, 2.24) is 29.8 Å².